The van der Waals surface area contributed by atoms with Crippen molar-refractivity contribution in [3.05, 3.63) is 11.6 Å². The Balaban J connectivity index is 2.09. The Hall–Kier alpha value is -1.92. The molecule has 0 radical (unpaired) electrons. The van der Waals surface area contributed by atoms with Crippen LogP contribution in [0.5, 0.6) is 0 Å². The van der Waals surface area contributed by atoms with Gasteiger partial charge in [0.25, 0.3) is 5.91 Å². The van der Waals surface area contributed by atoms with Gasteiger partial charge in [-0.05, 0) is 5.92 Å². The van der Waals surface area contributed by atoms with E-state index in [0.717, 1.165) is 0 Å². The number of rotatable bonds is 3. The van der Waals surface area contributed by atoms with Gasteiger partial charge >= 0.3 is 5.97 Å². The largest absolute Gasteiger partial charge is 0.481 e. The molecule has 0 unspecified atom stereocenters. The SMILES string of the molecule is CCc1nc(C(=O)N2C[C@@H](C)[C@H](C(=O)O)C2)n[nH]1. The predicted molar refractivity (Wildman–Crippen MR) is 62.0 cm³/mol. The third-order valence-electron chi connectivity index (χ3n) is 3.27. The first kappa shape index (κ1) is 12.5. The second-order valence-corrected chi connectivity index (χ2v) is 4.59. The Kier molecular flexibility index (Phi) is 3.31. The van der Waals surface area contributed by atoms with E-state index in [4.69, 9.17) is 5.11 Å². The fourth-order valence-corrected chi connectivity index (χ4v) is 2.14. The van der Waals surface area contributed by atoms with Crippen molar-refractivity contribution in [1.82, 2.24) is 20.1 Å². The van der Waals surface area contributed by atoms with E-state index >= 15 is 0 Å². The van der Waals surface area contributed by atoms with Crippen LogP contribution in [0.1, 0.15) is 30.3 Å². The molecule has 0 bridgehead atoms. The van der Waals surface area contributed by atoms with Crippen LogP contribution < -0.4 is 0 Å². The average Bonchev–Trinajstić information content (AvgIpc) is 2.94. The quantitative estimate of drug-likeness (QED) is 0.798. The number of aromatic nitrogens is 3. The number of hydrogen-bond acceptors (Lipinski definition) is 4. The summed E-state index contributed by atoms with van der Waals surface area (Å²) in [5.41, 5.74) is 0. The van der Waals surface area contributed by atoms with Gasteiger partial charge in [0.05, 0.1) is 5.92 Å². The summed E-state index contributed by atoms with van der Waals surface area (Å²) in [5, 5.41) is 15.6. The van der Waals surface area contributed by atoms with Crippen molar-refractivity contribution in [2.24, 2.45) is 11.8 Å². The normalized spacial score (nSPS) is 23.3. The van der Waals surface area contributed by atoms with Crippen LogP contribution in [0.4, 0.5) is 0 Å². The minimum absolute atomic E-state index is 0.0453. The zero-order valence-corrected chi connectivity index (χ0v) is 10.4. The predicted octanol–water partition coefficient (Wildman–Crippen LogP) is 0.160. The molecule has 1 aliphatic heterocycles. The molecular weight excluding hydrogens is 236 g/mol. The number of hydrogen-bond donors (Lipinski definition) is 2. The summed E-state index contributed by atoms with van der Waals surface area (Å²) in [6, 6.07) is 0. The van der Waals surface area contributed by atoms with Crippen LogP contribution in [0.25, 0.3) is 0 Å². The first-order valence-electron chi connectivity index (χ1n) is 5.96. The monoisotopic (exact) mass is 252 g/mol. The summed E-state index contributed by atoms with van der Waals surface area (Å²) in [6.45, 7) is 4.41. The zero-order chi connectivity index (χ0) is 13.3. The van der Waals surface area contributed by atoms with Crippen LogP contribution in [-0.2, 0) is 11.2 Å². The van der Waals surface area contributed by atoms with Gasteiger partial charge in [-0.2, -0.15) is 0 Å². The van der Waals surface area contributed by atoms with Crippen LogP contribution in [-0.4, -0.2) is 50.2 Å². The molecule has 0 aromatic carbocycles. The summed E-state index contributed by atoms with van der Waals surface area (Å²) >= 11 is 0. The molecule has 1 aromatic heterocycles. The number of nitrogens with one attached hydrogen (secondary N) is 1. The minimum atomic E-state index is -0.859. The molecular formula is C11H16N4O3. The molecule has 1 aromatic rings. The fourth-order valence-electron chi connectivity index (χ4n) is 2.14. The number of aryl methyl sites for hydroxylation is 1. The molecule has 0 saturated carbocycles. The second-order valence-electron chi connectivity index (χ2n) is 4.59. The summed E-state index contributed by atoms with van der Waals surface area (Å²) < 4.78 is 0. The standard InChI is InChI=1S/C11H16N4O3/c1-3-8-12-9(14-13-8)10(16)15-4-6(2)7(5-15)11(17)18/h6-7H,3-5H2,1-2H3,(H,17,18)(H,12,13,14)/t6-,7-/m1/s1. The number of carboxylic acid groups (broad SMARTS) is 1. The molecule has 2 N–H and O–H groups in total. The Morgan fingerprint density at radius 3 is 2.72 bits per heavy atom. The van der Waals surface area contributed by atoms with E-state index in [1.54, 1.807) is 0 Å². The zero-order valence-electron chi connectivity index (χ0n) is 10.4. The lowest BCUT2D eigenvalue weighted by molar-refractivity contribution is -0.142. The fraction of sp³-hybridized carbons (Fsp3) is 0.636. The smallest absolute Gasteiger partial charge is 0.308 e. The minimum Gasteiger partial charge on any atom is -0.481 e. The van der Waals surface area contributed by atoms with Crippen molar-refractivity contribution in [1.29, 1.82) is 0 Å². The molecule has 7 heteroatoms. The Morgan fingerprint density at radius 1 is 1.50 bits per heavy atom. The highest BCUT2D eigenvalue weighted by molar-refractivity contribution is 5.91. The number of likely N-dealkylation sites (tertiary alicyclic amines) is 1. The number of carboxylic acids is 1. The Morgan fingerprint density at radius 2 is 2.22 bits per heavy atom. The lowest BCUT2D eigenvalue weighted by Crippen LogP contribution is -2.30. The number of amides is 1. The third kappa shape index (κ3) is 2.20. The number of aliphatic carboxylic acids is 1. The Labute approximate surface area is 104 Å². The van der Waals surface area contributed by atoms with Crippen molar-refractivity contribution in [2.75, 3.05) is 13.1 Å². The van der Waals surface area contributed by atoms with Gasteiger partial charge in [0, 0.05) is 19.5 Å². The maximum atomic E-state index is 12.1. The number of carbonyl (C=O) groups is 2. The van der Waals surface area contributed by atoms with E-state index in [1.807, 2.05) is 13.8 Å². The van der Waals surface area contributed by atoms with Crippen molar-refractivity contribution >= 4 is 11.9 Å². The topological polar surface area (TPSA) is 99.2 Å². The van der Waals surface area contributed by atoms with Crippen molar-refractivity contribution in [2.45, 2.75) is 20.3 Å². The maximum Gasteiger partial charge on any atom is 0.308 e. The van der Waals surface area contributed by atoms with E-state index in [9.17, 15) is 9.59 Å². The maximum absolute atomic E-state index is 12.1. The molecule has 0 spiro atoms. The molecule has 1 saturated heterocycles. The van der Waals surface area contributed by atoms with Gasteiger partial charge in [-0.3, -0.25) is 14.7 Å². The molecule has 2 heterocycles. The lowest BCUT2D eigenvalue weighted by Gasteiger charge is -2.12. The van der Waals surface area contributed by atoms with Crippen LogP contribution in [0.3, 0.4) is 0 Å². The van der Waals surface area contributed by atoms with E-state index in [-0.39, 0.29) is 24.2 Å². The average molecular weight is 252 g/mol. The number of H-pyrrole nitrogens is 1. The summed E-state index contributed by atoms with van der Waals surface area (Å²) in [6.07, 6.45) is 0.675. The van der Waals surface area contributed by atoms with E-state index in [0.29, 0.717) is 18.8 Å². The first-order chi connectivity index (χ1) is 8.52. The van der Waals surface area contributed by atoms with Gasteiger partial charge in [0.1, 0.15) is 5.82 Å². The molecule has 98 valence electrons. The molecule has 2 atom stereocenters. The molecule has 1 amide bonds. The molecule has 18 heavy (non-hydrogen) atoms. The summed E-state index contributed by atoms with van der Waals surface area (Å²) in [7, 11) is 0. The van der Waals surface area contributed by atoms with Gasteiger partial charge in [0.2, 0.25) is 5.82 Å². The van der Waals surface area contributed by atoms with Crippen molar-refractivity contribution in [3.63, 3.8) is 0 Å². The molecule has 1 fully saturated rings. The molecule has 1 aliphatic rings. The van der Waals surface area contributed by atoms with E-state index in [2.05, 4.69) is 15.2 Å². The van der Waals surface area contributed by atoms with Gasteiger partial charge in [-0.1, -0.05) is 13.8 Å². The third-order valence-corrected chi connectivity index (χ3v) is 3.27. The van der Waals surface area contributed by atoms with Gasteiger partial charge in [-0.15, -0.1) is 5.10 Å². The van der Waals surface area contributed by atoms with E-state index < -0.39 is 11.9 Å². The van der Waals surface area contributed by atoms with Crippen LogP contribution in [0, 0.1) is 11.8 Å². The number of nitrogens with zero attached hydrogens (tertiary/aromatic N) is 3. The van der Waals surface area contributed by atoms with E-state index in [1.165, 1.54) is 4.90 Å². The van der Waals surface area contributed by atoms with Crippen molar-refractivity contribution < 1.29 is 14.7 Å². The Bertz CT molecular complexity index is 471. The van der Waals surface area contributed by atoms with Crippen molar-refractivity contribution in [3.8, 4) is 0 Å². The van der Waals surface area contributed by atoms with Crippen LogP contribution in [0.2, 0.25) is 0 Å². The summed E-state index contributed by atoms with van der Waals surface area (Å²) in [5.74, 6) is -0.941. The molecule has 2 rings (SSSR count). The molecule has 7 nitrogen and oxygen atoms in total. The molecule has 0 aliphatic carbocycles. The highest BCUT2D eigenvalue weighted by Crippen LogP contribution is 2.24. The summed E-state index contributed by atoms with van der Waals surface area (Å²) in [4.78, 5) is 28.6. The van der Waals surface area contributed by atoms with Gasteiger partial charge < -0.3 is 10.0 Å². The van der Waals surface area contributed by atoms with Crippen LogP contribution >= 0.6 is 0 Å². The second kappa shape index (κ2) is 4.75. The highest BCUT2D eigenvalue weighted by atomic mass is 16.4. The first-order valence-corrected chi connectivity index (χ1v) is 5.96. The number of aromatic amines is 1. The van der Waals surface area contributed by atoms with Gasteiger partial charge in [-0.25, -0.2) is 4.98 Å². The lowest BCUT2D eigenvalue weighted by atomic mass is 9.99. The highest BCUT2D eigenvalue weighted by Gasteiger charge is 2.38. The van der Waals surface area contributed by atoms with Crippen LogP contribution in [0.15, 0.2) is 0 Å². The number of carbonyl (C=O) groups excluding carboxylic acids is 1. The van der Waals surface area contributed by atoms with Gasteiger partial charge in [0.15, 0.2) is 0 Å².